The van der Waals surface area contributed by atoms with Crippen LogP contribution >= 0.6 is 0 Å². The van der Waals surface area contributed by atoms with E-state index in [4.69, 9.17) is 14.2 Å². The van der Waals surface area contributed by atoms with E-state index in [9.17, 15) is 9.59 Å². The molecule has 1 aromatic rings. The highest BCUT2D eigenvalue weighted by Gasteiger charge is 2.39. The van der Waals surface area contributed by atoms with E-state index < -0.39 is 11.9 Å². The van der Waals surface area contributed by atoms with Gasteiger partial charge in [0.25, 0.3) is 0 Å². The minimum atomic E-state index is -0.513. The van der Waals surface area contributed by atoms with Gasteiger partial charge in [0, 0.05) is 29.3 Å². The second-order valence-electron chi connectivity index (χ2n) is 6.77. The van der Waals surface area contributed by atoms with Crippen molar-refractivity contribution in [2.24, 2.45) is 0 Å². The smallest absolute Gasteiger partial charge is 0.337 e. The molecule has 0 saturated heterocycles. The number of nitrogens with one attached hydrogen (secondary N) is 1. The Morgan fingerprint density at radius 3 is 2.68 bits per heavy atom. The first kappa shape index (κ1) is 19.7. The number of Topliss-reactive ketones (excluding diaryl/α,β-unsaturated/α-hetero) is 1. The predicted molar refractivity (Wildman–Crippen MR) is 105 cm³/mol. The van der Waals surface area contributed by atoms with Crippen molar-refractivity contribution in [2.75, 3.05) is 20.8 Å². The van der Waals surface area contributed by atoms with Gasteiger partial charge in [0.05, 0.1) is 19.8 Å². The van der Waals surface area contributed by atoms with Crippen LogP contribution in [0.5, 0.6) is 11.5 Å². The molecular formula is C22H25NO5. The molecule has 1 aromatic carbocycles. The maximum absolute atomic E-state index is 12.9. The maximum Gasteiger partial charge on any atom is 0.337 e. The fourth-order valence-electron chi connectivity index (χ4n) is 3.83. The minimum absolute atomic E-state index is 0.0510. The largest absolute Gasteiger partial charge is 0.493 e. The third-order valence-electron chi connectivity index (χ3n) is 5.07. The van der Waals surface area contributed by atoms with Crippen molar-refractivity contribution in [1.82, 2.24) is 5.32 Å². The zero-order valence-corrected chi connectivity index (χ0v) is 16.5. The maximum atomic E-state index is 12.9. The van der Waals surface area contributed by atoms with E-state index in [2.05, 4.69) is 11.9 Å². The van der Waals surface area contributed by atoms with Gasteiger partial charge in [0.15, 0.2) is 17.3 Å². The molecule has 0 bridgehead atoms. The first-order valence-corrected chi connectivity index (χ1v) is 9.25. The van der Waals surface area contributed by atoms with E-state index >= 15 is 0 Å². The van der Waals surface area contributed by atoms with Gasteiger partial charge < -0.3 is 19.5 Å². The van der Waals surface area contributed by atoms with Crippen LogP contribution < -0.4 is 14.8 Å². The predicted octanol–water partition coefficient (Wildman–Crippen LogP) is 3.40. The van der Waals surface area contributed by atoms with E-state index in [1.165, 1.54) is 6.08 Å². The van der Waals surface area contributed by atoms with E-state index in [0.717, 1.165) is 24.1 Å². The lowest BCUT2D eigenvalue weighted by atomic mass is 9.75. The fraction of sp³-hybridized carbons (Fsp3) is 0.364. The molecule has 3 rings (SSSR count). The van der Waals surface area contributed by atoms with Gasteiger partial charge in [-0.25, -0.2) is 4.79 Å². The van der Waals surface area contributed by atoms with E-state index in [1.807, 2.05) is 19.1 Å². The van der Waals surface area contributed by atoms with Crippen LogP contribution in [0.25, 0.3) is 0 Å². The zero-order chi connectivity index (χ0) is 20.3. The van der Waals surface area contributed by atoms with Gasteiger partial charge in [0.1, 0.15) is 6.61 Å². The highest BCUT2D eigenvalue weighted by atomic mass is 16.5. The summed E-state index contributed by atoms with van der Waals surface area (Å²) in [5, 5.41) is 3.26. The van der Waals surface area contributed by atoms with Crippen LogP contribution in [0, 0.1) is 0 Å². The third-order valence-corrected chi connectivity index (χ3v) is 5.07. The molecule has 1 N–H and O–H groups in total. The fourth-order valence-corrected chi connectivity index (χ4v) is 3.83. The topological polar surface area (TPSA) is 73.9 Å². The molecule has 1 unspecified atom stereocenters. The second-order valence-corrected chi connectivity index (χ2v) is 6.77. The summed E-state index contributed by atoms with van der Waals surface area (Å²) >= 11 is 0. The number of benzene rings is 1. The first-order valence-electron chi connectivity index (χ1n) is 9.25. The number of ketones is 1. The van der Waals surface area contributed by atoms with Crippen LogP contribution in [0.1, 0.15) is 37.7 Å². The minimum Gasteiger partial charge on any atom is -0.493 e. The Kier molecular flexibility index (Phi) is 5.87. The van der Waals surface area contributed by atoms with Gasteiger partial charge in [-0.05, 0) is 37.5 Å². The number of methoxy groups -OCH3 is 2. The van der Waals surface area contributed by atoms with Crippen LogP contribution in [0.2, 0.25) is 0 Å². The molecule has 1 atom stereocenters. The summed E-state index contributed by atoms with van der Waals surface area (Å²) in [6.45, 7) is 5.53. The monoisotopic (exact) mass is 383 g/mol. The molecule has 0 fully saturated rings. The lowest BCUT2D eigenvalue weighted by molar-refractivity contribution is -0.138. The van der Waals surface area contributed by atoms with Crippen molar-refractivity contribution in [2.45, 2.75) is 32.1 Å². The number of allylic oxidation sites excluding steroid dienone is 3. The Morgan fingerprint density at radius 2 is 2.00 bits per heavy atom. The average Bonchev–Trinajstić information content (AvgIpc) is 2.70. The lowest BCUT2D eigenvalue weighted by Crippen LogP contribution is -2.34. The van der Waals surface area contributed by atoms with Crippen molar-refractivity contribution in [1.29, 1.82) is 0 Å². The van der Waals surface area contributed by atoms with Crippen LogP contribution in [0.3, 0.4) is 0 Å². The normalized spacial score (nSPS) is 19.0. The van der Waals surface area contributed by atoms with Crippen molar-refractivity contribution >= 4 is 11.8 Å². The highest BCUT2D eigenvalue weighted by Crippen LogP contribution is 2.44. The molecule has 1 aliphatic carbocycles. The van der Waals surface area contributed by atoms with Crippen molar-refractivity contribution in [3.05, 3.63) is 59.0 Å². The Hall–Kier alpha value is -3.02. The number of carbonyl (C=O) groups is 2. The second kappa shape index (κ2) is 8.33. The number of ether oxygens (including phenoxy) is 3. The Balaban J connectivity index is 2.15. The van der Waals surface area contributed by atoms with Crippen LogP contribution in [-0.4, -0.2) is 32.6 Å². The summed E-state index contributed by atoms with van der Waals surface area (Å²) in [5.74, 6) is 0.201. The summed E-state index contributed by atoms with van der Waals surface area (Å²) in [5.41, 5.74) is 3.43. The van der Waals surface area contributed by atoms with E-state index in [-0.39, 0.29) is 12.4 Å². The van der Waals surface area contributed by atoms with Crippen LogP contribution in [-0.2, 0) is 14.3 Å². The summed E-state index contributed by atoms with van der Waals surface area (Å²) in [6, 6.07) is 5.46. The third kappa shape index (κ3) is 3.54. The van der Waals surface area contributed by atoms with Crippen LogP contribution in [0.4, 0.5) is 0 Å². The Labute approximate surface area is 164 Å². The average molecular weight is 383 g/mol. The number of hydrogen-bond acceptors (Lipinski definition) is 6. The molecule has 148 valence electrons. The number of hydrogen-bond donors (Lipinski definition) is 1. The van der Waals surface area contributed by atoms with Gasteiger partial charge in [0.2, 0.25) is 0 Å². The molecule has 0 aromatic heterocycles. The van der Waals surface area contributed by atoms with Crippen molar-refractivity contribution < 1.29 is 23.8 Å². The summed E-state index contributed by atoms with van der Waals surface area (Å²) < 4.78 is 16.1. The van der Waals surface area contributed by atoms with Gasteiger partial charge in [-0.2, -0.15) is 0 Å². The number of dihydropyridines is 1. The van der Waals surface area contributed by atoms with Gasteiger partial charge in [-0.15, -0.1) is 0 Å². The quantitative estimate of drug-likeness (QED) is 0.600. The lowest BCUT2D eigenvalue weighted by Gasteiger charge is -2.34. The molecule has 1 heterocycles. The Bertz CT molecular complexity index is 881. The van der Waals surface area contributed by atoms with Gasteiger partial charge in [-0.1, -0.05) is 18.7 Å². The zero-order valence-electron chi connectivity index (χ0n) is 16.5. The van der Waals surface area contributed by atoms with E-state index in [1.54, 1.807) is 20.3 Å². The summed E-state index contributed by atoms with van der Waals surface area (Å²) in [6.07, 6.45) is 3.56. The van der Waals surface area contributed by atoms with E-state index in [0.29, 0.717) is 34.8 Å². The summed E-state index contributed by atoms with van der Waals surface area (Å²) in [4.78, 5) is 25.7. The Morgan fingerprint density at radius 1 is 1.25 bits per heavy atom. The standard InChI is InChI=1S/C22H25NO5/c1-5-11-28-22(25)19-13(2)23-15-7-6-8-16(24)21(15)20(19)14-9-10-17(26-3)18(12-14)27-4/h5,9-10,12,20,23H,1,6-8,11H2,2-4H3. The highest BCUT2D eigenvalue weighted by molar-refractivity contribution is 6.03. The van der Waals surface area contributed by atoms with Gasteiger partial charge in [-0.3, -0.25) is 4.79 Å². The number of esters is 1. The van der Waals surface area contributed by atoms with Gasteiger partial charge >= 0.3 is 5.97 Å². The summed E-state index contributed by atoms with van der Waals surface area (Å²) in [7, 11) is 3.12. The molecule has 0 amide bonds. The number of carbonyl (C=O) groups excluding carboxylic acids is 2. The molecule has 0 spiro atoms. The van der Waals surface area contributed by atoms with Crippen molar-refractivity contribution in [3.8, 4) is 11.5 Å². The molecule has 6 heteroatoms. The number of rotatable bonds is 6. The van der Waals surface area contributed by atoms with Crippen LogP contribution in [0.15, 0.2) is 53.4 Å². The molecule has 0 radical (unpaired) electrons. The molecule has 1 aliphatic heterocycles. The SMILES string of the molecule is C=CCOC(=O)C1=C(C)NC2=C(C(=O)CCC2)C1c1ccc(OC)c(OC)c1. The van der Waals surface area contributed by atoms with Crippen molar-refractivity contribution in [3.63, 3.8) is 0 Å². The first-order chi connectivity index (χ1) is 13.5. The molecule has 0 saturated carbocycles. The molecular weight excluding hydrogens is 358 g/mol. The molecule has 6 nitrogen and oxygen atoms in total. The molecule has 2 aliphatic rings. The molecule has 28 heavy (non-hydrogen) atoms.